The average Bonchev–Trinajstić information content (AvgIpc) is 2.39. The normalized spacial score (nSPS) is 10.3. The Morgan fingerprint density at radius 2 is 2.05 bits per heavy atom. The fourth-order valence-electron chi connectivity index (χ4n) is 1.79. The van der Waals surface area contributed by atoms with Gasteiger partial charge < -0.3 is 11.1 Å². The van der Waals surface area contributed by atoms with Gasteiger partial charge in [-0.15, -0.1) is 0 Å². The summed E-state index contributed by atoms with van der Waals surface area (Å²) in [4.78, 5) is 11.9. The van der Waals surface area contributed by atoms with Crippen molar-refractivity contribution in [1.82, 2.24) is 0 Å². The summed E-state index contributed by atoms with van der Waals surface area (Å²) < 4.78 is 14.2. The SMILES string of the molecule is Cc1cc(Br)c(NC(=O)Cc2ccccc2F)cc1N. The fraction of sp³-hybridized carbons (Fsp3) is 0.133. The lowest BCUT2D eigenvalue weighted by molar-refractivity contribution is -0.115. The summed E-state index contributed by atoms with van der Waals surface area (Å²) in [6.07, 6.45) is -0.0209. The molecule has 3 nitrogen and oxygen atoms in total. The van der Waals surface area contributed by atoms with Crippen molar-refractivity contribution in [3.63, 3.8) is 0 Å². The van der Waals surface area contributed by atoms with Crippen molar-refractivity contribution in [2.75, 3.05) is 11.1 Å². The highest BCUT2D eigenvalue weighted by atomic mass is 79.9. The van der Waals surface area contributed by atoms with Crippen molar-refractivity contribution in [2.24, 2.45) is 0 Å². The van der Waals surface area contributed by atoms with Crippen molar-refractivity contribution < 1.29 is 9.18 Å². The van der Waals surface area contributed by atoms with Crippen LogP contribution in [0.3, 0.4) is 0 Å². The van der Waals surface area contributed by atoms with Crippen LogP contribution in [0.15, 0.2) is 40.9 Å². The highest BCUT2D eigenvalue weighted by Gasteiger charge is 2.10. The lowest BCUT2D eigenvalue weighted by atomic mass is 10.1. The molecular weight excluding hydrogens is 323 g/mol. The number of halogens is 2. The molecule has 0 aliphatic carbocycles. The molecule has 104 valence electrons. The van der Waals surface area contributed by atoms with Crippen molar-refractivity contribution in [1.29, 1.82) is 0 Å². The molecule has 0 fully saturated rings. The average molecular weight is 337 g/mol. The van der Waals surface area contributed by atoms with Gasteiger partial charge in [-0.05, 0) is 52.2 Å². The standard InChI is InChI=1S/C15H14BrFN2O/c1-9-6-11(16)14(8-13(9)18)19-15(20)7-10-4-2-3-5-12(10)17/h2-6,8H,7,18H2,1H3,(H,19,20). The molecule has 0 spiro atoms. The molecule has 2 rings (SSSR count). The van der Waals surface area contributed by atoms with E-state index in [0.29, 0.717) is 16.9 Å². The van der Waals surface area contributed by atoms with E-state index in [1.165, 1.54) is 6.07 Å². The molecule has 0 saturated carbocycles. The minimum atomic E-state index is -0.384. The van der Waals surface area contributed by atoms with E-state index in [1.807, 2.05) is 13.0 Å². The van der Waals surface area contributed by atoms with Gasteiger partial charge in [-0.2, -0.15) is 0 Å². The van der Waals surface area contributed by atoms with Gasteiger partial charge in [-0.25, -0.2) is 4.39 Å². The van der Waals surface area contributed by atoms with Crippen LogP contribution in [-0.2, 0) is 11.2 Å². The number of benzene rings is 2. The predicted molar refractivity (Wildman–Crippen MR) is 82.0 cm³/mol. The maximum atomic E-state index is 13.5. The molecule has 0 aliphatic heterocycles. The van der Waals surface area contributed by atoms with E-state index < -0.39 is 0 Å². The number of carbonyl (C=O) groups is 1. The third kappa shape index (κ3) is 3.36. The number of nitrogens with two attached hydrogens (primary N) is 1. The zero-order valence-electron chi connectivity index (χ0n) is 10.9. The van der Waals surface area contributed by atoms with Crippen LogP contribution >= 0.6 is 15.9 Å². The van der Waals surface area contributed by atoms with Crippen LogP contribution in [-0.4, -0.2) is 5.91 Å². The molecule has 0 radical (unpaired) electrons. The Bertz CT molecular complexity index is 658. The number of amides is 1. The number of anilines is 2. The van der Waals surface area contributed by atoms with Crippen LogP contribution < -0.4 is 11.1 Å². The van der Waals surface area contributed by atoms with Gasteiger partial charge in [0.2, 0.25) is 5.91 Å². The van der Waals surface area contributed by atoms with E-state index >= 15 is 0 Å². The molecule has 2 aromatic carbocycles. The smallest absolute Gasteiger partial charge is 0.228 e. The number of aryl methyl sites for hydroxylation is 1. The quantitative estimate of drug-likeness (QED) is 0.840. The highest BCUT2D eigenvalue weighted by molar-refractivity contribution is 9.10. The lowest BCUT2D eigenvalue weighted by Crippen LogP contribution is -2.15. The van der Waals surface area contributed by atoms with Crippen LogP contribution in [0.5, 0.6) is 0 Å². The van der Waals surface area contributed by atoms with Crippen LogP contribution in [0.1, 0.15) is 11.1 Å². The predicted octanol–water partition coefficient (Wildman–Crippen LogP) is 3.66. The van der Waals surface area contributed by atoms with Crippen molar-refractivity contribution in [3.8, 4) is 0 Å². The first-order valence-electron chi connectivity index (χ1n) is 6.06. The van der Waals surface area contributed by atoms with Gasteiger partial charge in [0.05, 0.1) is 12.1 Å². The molecule has 0 bridgehead atoms. The Labute approximate surface area is 125 Å². The second-order valence-electron chi connectivity index (χ2n) is 4.51. The largest absolute Gasteiger partial charge is 0.398 e. The molecule has 0 aliphatic rings. The maximum Gasteiger partial charge on any atom is 0.228 e. The summed E-state index contributed by atoms with van der Waals surface area (Å²) in [5.74, 6) is -0.677. The first-order chi connectivity index (χ1) is 9.47. The van der Waals surface area contributed by atoms with Gasteiger partial charge in [0.25, 0.3) is 0 Å². The molecule has 3 N–H and O–H groups in total. The van der Waals surface area contributed by atoms with Crippen LogP contribution in [0.4, 0.5) is 15.8 Å². The molecule has 0 unspecified atom stereocenters. The van der Waals surface area contributed by atoms with Gasteiger partial charge in [0.15, 0.2) is 0 Å². The number of nitrogens with one attached hydrogen (secondary N) is 1. The second kappa shape index (κ2) is 6.05. The third-order valence-electron chi connectivity index (χ3n) is 2.94. The first kappa shape index (κ1) is 14.5. The van der Waals surface area contributed by atoms with E-state index in [4.69, 9.17) is 5.73 Å². The molecule has 0 saturated heterocycles. The zero-order valence-corrected chi connectivity index (χ0v) is 12.5. The zero-order chi connectivity index (χ0) is 14.7. The summed E-state index contributed by atoms with van der Waals surface area (Å²) in [5, 5.41) is 2.72. The van der Waals surface area contributed by atoms with Crippen LogP contribution in [0.25, 0.3) is 0 Å². The topological polar surface area (TPSA) is 55.1 Å². The van der Waals surface area contributed by atoms with E-state index in [-0.39, 0.29) is 18.1 Å². The minimum absolute atomic E-state index is 0.0209. The third-order valence-corrected chi connectivity index (χ3v) is 3.59. The molecule has 0 aromatic heterocycles. The van der Waals surface area contributed by atoms with Gasteiger partial charge in [0, 0.05) is 10.2 Å². The Morgan fingerprint density at radius 1 is 1.35 bits per heavy atom. The summed E-state index contributed by atoms with van der Waals surface area (Å²) in [6.45, 7) is 1.88. The van der Waals surface area contributed by atoms with Gasteiger partial charge in [-0.1, -0.05) is 18.2 Å². The number of hydrogen-bond acceptors (Lipinski definition) is 2. The molecule has 0 atom stereocenters. The molecular formula is C15H14BrFN2O. The fourth-order valence-corrected chi connectivity index (χ4v) is 2.35. The summed E-state index contributed by atoms with van der Waals surface area (Å²) >= 11 is 3.37. The lowest BCUT2D eigenvalue weighted by Gasteiger charge is -2.10. The van der Waals surface area contributed by atoms with E-state index in [1.54, 1.807) is 24.3 Å². The van der Waals surface area contributed by atoms with Gasteiger partial charge in [-0.3, -0.25) is 4.79 Å². The number of nitrogen functional groups attached to an aromatic ring is 1. The molecule has 1 amide bonds. The van der Waals surface area contributed by atoms with Crippen molar-refractivity contribution >= 4 is 33.2 Å². The van der Waals surface area contributed by atoms with Crippen molar-refractivity contribution in [2.45, 2.75) is 13.3 Å². The van der Waals surface area contributed by atoms with E-state index in [9.17, 15) is 9.18 Å². The minimum Gasteiger partial charge on any atom is -0.398 e. The maximum absolute atomic E-state index is 13.5. The first-order valence-corrected chi connectivity index (χ1v) is 6.85. The summed E-state index contributed by atoms with van der Waals surface area (Å²) in [7, 11) is 0. The Balaban J connectivity index is 2.13. The molecule has 5 heteroatoms. The van der Waals surface area contributed by atoms with E-state index in [2.05, 4.69) is 21.2 Å². The molecule has 2 aromatic rings. The monoisotopic (exact) mass is 336 g/mol. The Morgan fingerprint density at radius 3 is 2.75 bits per heavy atom. The number of carbonyl (C=O) groups excluding carboxylic acids is 1. The Hall–Kier alpha value is -1.88. The van der Waals surface area contributed by atoms with Crippen molar-refractivity contribution in [3.05, 3.63) is 57.8 Å². The summed E-state index contributed by atoms with van der Waals surface area (Å²) in [6, 6.07) is 9.72. The van der Waals surface area contributed by atoms with Crippen LogP contribution in [0, 0.1) is 12.7 Å². The highest BCUT2D eigenvalue weighted by Crippen LogP contribution is 2.27. The Kier molecular flexibility index (Phi) is 4.39. The molecule has 0 heterocycles. The number of rotatable bonds is 3. The molecule has 20 heavy (non-hydrogen) atoms. The van der Waals surface area contributed by atoms with Gasteiger partial charge in [0.1, 0.15) is 5.82 Å². The number of hydrogen-bond donors (Lipinski definition) is 2. The summed E-state index contributed by atoms with van der Waals surface area (Å²) in [5.41, 5.74) is 8.26. The second-order valence-corrected chi connectivity index (χ2v) is 5.36. The van der Waals surface area contributed by atoms with E-state index in [0.717, 1.165) is 10.0 Å². The van der Waals surface area contributed by atoms with Crippen LogP contribution in [0.2, 0.25) is 0 Å². The van der Waals surface area contributed by atoms with Gasteiger partial charge >= 0.3 is 0 Å².